The number of aromatic carboxylic acids is 1. The maximum atomic E-state index is 11.1. The highest BCUT2D eigenvalue weighted by atomic mass is 79.9. The minimum Gasteiger partial charge on any atom is -0.486 e. The predicted molar refractivity (Wildman–Crippen MR) is 68.2 cm³/mol. The first-order valence-electron chi connectivity index (χ1n) is 5.20. The van der Waals surface area contributed by atoms with E-state index in [1.165, 1.54) is 0 Å². The monoisotopic (exact) mass is 314 g/mol. The van der Waals surface area contributed by atoms with Gasteiger partial charge in [-0.15, -0.1) is 0 Å². The molecule has 1 aromatic carbocycles. The van der Waals surface area contributed by atoms with Crippen molar-refractivity contribution in [3.63, 3.8) is 0 Å². The van der Waals surface area contributed by atoms with Gasteiger partial charge in [-0.3, -0.25) is 0 Å². The Bertz CT molecular complexity index is 575. The van der Waals surface area contributed by atoms with Crippen molar-refractivity contribution in [2.45, 2.75) is 0 Å². The van der Waals surface area contributed by atoms with Crippen LogP contribution in [0, 0.1) is 0 Å². The first kappa shape index (κ1) is 12.9. The third-order valence-corrected chi connectivity index (χ3v) is 2.83. The van der Waals surface area contributed by atoms with Crippen LogP contribution in [0.1, 0.15) is 10.6 Å². The van der Waals surface area contributed by atoms with Crippen LogP contribution in [-0.4, -0.2) is 31.4 Å². The van der Waals surface area contributed by atoms with Crippen LogP contribution in [-0.2, 0) is 4.74 Å². The molecular formula is C12H11BrO5. The van der Waals surface area contributed by atoms with Crippen molar-refractivity contribution >= 4 is 32.9 Å². The summed E-state index contributed by atoms with van der Waals surface area (Å²) < 4.78 is 16.4. The summed E-state index contributed by atoms with van der Waals surface area (Å²) in [6.07, 6.45) is 0. The first-order chi connectivity index (χ1) is 8.63. The topological polar surface area (TPSA) is 68.9 Å². The van der Waals surface area contributed by atoms with Gasteiger partial charge in [-0.25, -0.2) is 4.79 Å². The third-order valence-electron chi connectivity index (χ3n) is 2.33. The molecule has 1 heterocycles. The fourth-order valence-electron chi connectivity index (χ4n) is 1.56. The number of halogens is 1. The van der Waals surface area contributed by atoms with Gasteiger partial charge in [0.1, 0.15) is 12.2 Å². The number of hydrogen-bond donors (Lipinski definition) is 1. The molecule has 0 amide bonds. The number of furan rings is 1. The van der Waals surface area contributed by atoms with Gasteiger partial charge in [0.15, 0.2) is 5.75 Å². The fourth-order valence-corrected chi connectivity index (χ4v) is 1.92. The second kappa shape index (κ2) is 5.41. The van der Waals surface area contributed by atoms with Crippen LogP contribution in [0.15, 0.2) is 27.1 Å². The number of carboxylic acids is 1. The Morgan fingerprint density at radius 1 is 1.44 bits per heavy atom. The lowest BCUT2D eigenvalue weighted by Crippen LogP contribution is -2.06. The van der Waals surface area contributed by atoms with Crippen molar-refractivity contribution in [2.24, 2.45) is 0 Å². The lowest BCUT2D eigenvalue weighted by atomic mass is 10.2. The van der Waals surface area contributed by atoms with E-state index in [1.54, 1.807) is 25.3 Å². The molecular weight excluding hydrogens is 304 g/mol. The molecule has 2 rings (SSSR count). The minimum atomic E-state index is -1.16. The molecule has 96 valence electrons. The molecule has 0 spiro atoms. The maximum Gasteiger partial charge on any atom is 0.375 e. The molecule has 2 aromatic rings. The summed E-state index contributed by atoms with van der Waals surface area (Å²) in [5, 5.41) is 9.70. The smallest absolute Gasteiger partial charge is 0.375 e. The normalized spacial score (nSPS) is 10.8. The Morgan fingerprint density at radius 2 is 2.22 bits per heavy atom. The van der Waals surface area contributed by atoms with Crippen molar-refractivity contribution < 1.29 is 23.8 Å². The van der Waals surface area contributed by atoms with Gasteiger partial charge in [0.2, 0.25) is 0 Å². The van der Waals surface area contributed by atoms with E-state index in [4.69, 9.17) is 19.0 Å². The molecule has 1 N–H and O–H groups in total. The predicted octanol–water partition coefficient (Wildman–Crippen LogP) is 2.92. The largest absolute Gasteiger partial charge is 0.486 e. The zero-order chi connectivity index (χ0) is 13.1. The van der Waals surface area contributed by atoms with Gasteiger partial charge in [-0.1, -0.05) is 15.9 Å². The highest BCUT2D eigenvalue weighted by Gasteiger charge is 2.21. The summed E-state index contributed by atoms with van der Waals surface area (Å²) in [6, 6.07) is 5.22. The summed E-state index contributed by atoms with van der Waals surface area (Å²) in [6.45, 7) is 0.637. The van der Waals surface area contributed by atoms with Crippen molar-refractivity contribution in [2.75, 3.05) is 20.3 Å². The lowest BCUT2D eigenvalue weighted by molar-refractivity contribution is 0.0655. The lowest BCUT2D eigenvalue weighted by Gasteiger charge is -2.04. The average Bonchev–Trinajstić information content (AvgIpc) is 2.68. The van der Waals surface area contributed by atoms with Crippen molar-refractivity contribution in [1.29, 1.82) is 0 Å². The molecule has 0 aliphatic carbocycles. The van der Waals surface area contributed by atoms with E-state index in [0.29, 0.717) is 17.6 Å². The number of fused-ring (bicyclic) bond motifs is 1. The number of ether oxygens (including phenoxy) is 2. The molecule has 0 fully saturated rings. The molecule has 0 aliphatic rings. The van der Waals surface area contributed by atoms with E-state index in [2.05, 4.69) is 15.9 Å². The SMILES string of the molecule is COCCOc1c(C(=O)O)oc2ccc(Br)cc12. The van der Waals surface area contributed by atoms with E-state index in [9.17, 15) is 4.79 Å². The van der Waals surface area contributed by atoms with Crippen LogP contribution < -0.4 is 4.74 Å². The number of rotatable bonds is 5. The molecule has 0 aliphatic heterocycles. The highest BCUT2D eigenvalue weighted by Crippen LogP contribution is 2.34. The molecule has 0 saturated carbocycles. The van der Waals surface area contributed by atoms with Crippen LogP contribution in [0.3, 0.4) is 0 Å². The van der Waals surface area contributed by atoms with Crippen LogP contribution in [0.4, 0.5) is 0 Å². The van der Waals surface area contributed by atoms with Crippen molar-refractivity contribution in [1.82, 2.24) is 0 Å². The van der Waals surface area contributed by atoms with Gasteiger partial charge in [0.05, 0.1) is 12.0 Å². The van der Waals surface area contributed by atoms with Crippen LogP contribution in [0.25, 0.3) is 11.0 Å². The molecule has 6 heteroatoms. The van der Waals surface area contributed by atoms with E-state index < -0.39 is 5.97 Å². The van der Waals surface area contributed by atoms with Gasteiger partial charge in [0, 0.05) is 11.6 Å². The summed E-state index contributed by atoms with van der Waals surface area (Å²) in [5.41, 5.74) is 0.475. The van der Waals surface area contributed by atoms with Crippen LogP contribution >= 0.6 is 15.9 Å². The van der Waals surface area contributed by atoms with E-state index in [0.717, 1.165) is 4.47 Å². The van der Waals surface area contributed by atoms with E-state index in [1.807, 2.05) is 0 Å². The van der Waals surface area contributed by atoms with Crippen LogP contribution in [0.2, 0.25) is 0 Å². The summed E-state index contributed by atoms with van der Waals surface area (Å²) in [4.78, 5) is 11.1. The van der Waals surface area contributed by atoms with E-state index >= 15 is 0 Å². The molecule has 1 aromatic heterocycles. The second-order valence-corrected chi connectivity index (χ2v) is 4.46. The number of benzene rings is 1. The Kier molecular flexibility index (Phi) is 3.88. The van der Waals surface area contributed by atoms with Gasteiger partial charge < -0.3 is 19.0 Å². The molecule has 0 radical (unpaired) electrons. The Hall–Kier alpha value is -1.53. The number of hydrogen-bond acceptors (Lipinski definition) is 4. The molecule has 0 atom stereocenters. The molecule has 0 bridgehead atoms. The Morgan fingerprint density at radius 3 is 2.89 bits per heavy atom. The van der Waals surface area contributed by atoms with E-state index in [-0.39, 0.29) is 18.1 Å². The Labute approximate surface area is 111 Å². The first-order valence-corrected chi connectivity index (χ1v) is 6.00. The summed E-state index contributed by atoms with van der Waals surface area (Å²) in [7, 11) is 1.55. The average molecular weight is 315 g/mol. The summed E-state index contributed by atoms with van der Waals surface area (Å²) in [5.74, 6) is -1.12. The van der Waals surface area contributed by atoms with Crippen LogP contribution in [0.5, 0.6) is 5.75 Å². The minimum absolute atomic E-state index is 0.195. The zero-order valence-electron chi connectivity index (χ0n) is 9.60. The van der Waals surface area contributed by atoms with Crippen molar-refractivity contribution in [3.05, 3.63) is 28.4 Å². The van der Waals surface area contributed by atoms with Crippen molar-refractivity contribution in [3.8, 4) is 5.75 Å². The third kappa shape index (κ3) is 2.49. The van der Waals surface area contributed by atoms with Gasteiger partial charge in [-0.2, -0.15) is 0 Å². The van der Waals surface area contributed by atoms with Gasteiger partial charge in [0.25, 0.3) is 5.76 Å². The van der Waals surface area contributed by atoms with Gasteiger partial charge in [-0.05, 0) is 18.2 Å². The second-order valence-electron chi connectivity index (χ2n) is 3.55. The Balaban J connectivity index is 2.47. The fraction of sp³-hybridized carbons (Fsp3) is 0.250. The summed E-state index contributed by atoms with van der Waals surface area (Å²) >= 11 is 3.33. The molecule has 0 unspecified atom stereocenters. The maximum absolute atomic E-state index is 11.1. The number of carboxylic acid groups (broad SMARTS) is 1. The number of methoxy groups -OCH3 is 1. The highest BCUT2D eigenvalue weighted by molar-refractivity contribution is 9.10. The molecule has 18 heavy (non-hydrogen) atoms. The molecule has 0 saturated heterocycles. The quantitative estimate of drug-likeness (QED) is 0.859. The zero-order valence-corrected chi connectivity index (χ0v) is 11.2. The van der Waals surface area contributed by atoms with Gasteiger partial charge >= 0.3 is 5.97 Å². The standard InChI is InChI=1S/C12H11BrO5/c1-16-4-5-17-10-8-6-7(13)2-3-9(8)18-11(10)12(14)15/h2-3,6H,4-5H2,1H3,(H,14,15). The molecule has 5 nitrogen and oxygen atoms in total. The number of carbonyl (C=O) groups is 1.